The number of benzene rings is 2. The number of ether oxygens (including phenoxy) is 1. The molecule has 0 spiro atoms. The van der Waals surface area contributed by atoms with Gasteiger partial charge in [0.2, 0.25) is 10.0 Å². The molecule has 0 aromatic heterocycles. The van der Waals surface area contributed by atoms with Crippen LogP contribution in [-0.2, 0) is 26.0 Å². The number of hydrogen-bond donors (Lipinski definition) is 1. The monoisotopic (exact) mass is 441 g/mol. The van der Waals surface area contributed by atoms with E-state index in [1.807, 2.05) is 6.07 Å². The Morgan fingerprint density at radius 1 is 1.03 bits per heavy atom. The van der Waals surface area contributed by atoms with Gasteiger partial charge in [-0.3, -0.25) is 4.79 Å². The minimum atomic E-state index is -3.82. The van der Waals surface area contributed by atoms with Crippen LogP contribution in [0.5, 0.6) is 0 Å². The zero-order chi connectivity index (χ0) is 22.3. The van der Waals surface area contributed by atoms with E-state index in [1.165, 1.54) is 16.4 Å². The van der Waals surface area contributed by atoms with E-state index in [9.17, 15) is 18.0 Å². The Balaban J connectivity index is 1.64. The Hall–Kier alpha value is -3.22. The van der Waals surface area contributed by atoms with Crippen LogP contribution >= 0.6 is 0 Å². The third kappa shape index (κ3) is 5.69. The number of carbonyl (C=O) groups is 2. The standard InChI is InChI=1S/C22H23N3O5S/c23-13-12-17-8-10-18(11-9-17)24-21(26)16-30-22(27)19-6-2-3-7-20(19)31(28,29)25-14-4-1-5-15-25/h2-3,6-11H,1,4-5,12,14-16H2,(H,24,26). The van der Waals surface area contributed by atoms with Crippen molar-refractivity contribution in [2.45, 2.75) is 30.6 Å². The number of amides is 1. The molecule has 9 heteroatoms. The lowest BCUT2D eigenvalue weighted by molar-refractivity contribution is -0.119. The van der Waals surface area contributed by atoms with E-state index in [0.717, 1.165) is 24.8 Å². The van der Waals surface area contributed by atoms with Crippen LogP contribution in [0.4, 0.5) is 5.69 Å². The predicted molar refractivity (Wildman–Crippen MR) is 114 cm³/mol. The summed E-state index contributed by atoms with van der Waals surface area (Å²) >= 11 is 0. The van der Waals surface area contributed by atoms with Gasteiger partial charge in [0.15, 0.2) is 6.61 Å². The number of anilines is 1. The highest BCUT2D eigenvalue weighted by atomic mass is 32.2. The fourth-order valence-electron chi connectivity index (χ4n) is 3.31. The van der Waals surface area contributed by atoms with Crippen molar-refractivity contribution < 1.29 is 22.7 Å². The largest absolute Gasteiger partial charge is 0.452 e. The summed E-state index contributed by atoms with van der Waals surface area (Å²) in [5.74, 6) is -1.44. The molecule has 2 aromatic carbocycles. The van der Waals surface area contributed by atoms with Crippen LogP contribution in [-0.4, -0.2) is 44.3 Å². The van der Waals surface area contributed by atoms with Gasteiger partial charge in [0.05, 0.1) is 22.9 Å². The molecule has 3 rings (SSSR count). The van der Waals surface area contributed by atoms with E-state index >= 15 is 0 Å². The first kappa shape index (κ1) is 22.5. The van der Waals surface area contributed by atoms with Crippen LogP contribution in [0.15, 0.2) is 53.4 Å². The molecular weight excluding hydrogens is 418 g/mol. The van der Waals surface area contributed by atoms with Gasteiger partial charge in [-0.25, -0.2) is 13.2 Å². The summed E-state index contributed by atoms with van der Waals surface area (Å²) < 4.78 is 32.4. The number of nitriles is 1. The molecule has 162 valence electrons. The summed E-state index contributed by atoms with van der Waals surface area (Å²) in [6, 6.07) is 14.6. The molecule has 1 aliphatic rings. The summed E-state index contributed by atoms with van der Waals surface area (Å²) in [6.45, 7) is 0.277. The second-order valence-corrected chi connectivity index (χ2v) is 9.02. The van der Waals surface area contributed by atoms with Gasteiger partial charge < -0.3 is 10.1 Å². The number of rotatable bonds is 7. The summed E-state index contributed by atoms with van der Waals surface area (Å²) in [4.78, 5) is 24.6. The Morgan fingerprint density at radius 2 is 1.71 bits per heavy atom. The van der Waals surface area contributed by atoms with Gasteiger partial charge in [-0.1, -0.05) is 30.7 Å². The van der Waals surface area contributed by atoms with Gasteiger partial charge in [0.1, 0.15) is 0 Å². The van der Waals surface area contributed by atoms with Gasteiger partial charge in [0, 0.05) is 18.8 Å². The smallest absolute Gasteiger partial charge is 0.340 e. The van der Waals surface area contributed by atoms with E-state index in [0.29, 0.717) is 18.8 Å². The van der Waals surface area contributed by atoms with Crippen molar-refractivity contribution in [3.8, 4) is 6.07 Å². The van der Waals surface area contributed by atoms with Crippen LogP contribution in [0.25, 0.3) is 0 Å². The van der Waals surface area contributed by atoms with Gasteiger partial charge >= 0.3 is 5.97 Å². The maximum atomic E-state index is 13.0. The molecule has 8 nitrogen and oxygen atoms in total. The number of hydrogen-bond acceptors (Lipinski definition) is 6. The molecule has 0 aliphatic carbocycles. The highest BCUT2D eigenvalue weighted by Crippen LogP contribution is 2.24. The molecule has 0 bridgehead atoms. The van der Waals surface area contributed by atoms with E-state index in [-0.39, 0.29) is 16.9 Å². The molecule has 0 unspecified atom stereocenters. The summed E-state index contributed by atoms with van der Waals surface area (Å²) in [7, 11) is -3.82. The maximum absolute atomic E-state index is 13.0. The lowest BCUT2D eigenvalue weighted by Crippen LogP contribution is -2.36. The Kier molecular flexibility index (Phi) is 7.39. The third-order valence-corrected chi connectivity index (χ3v) is 6.85. The first-order valence-electron chi connectivity index (χ1n) is 9.94. The molecule has 1 N–H and O–H groups in total. The molecular formula is C22H23N3O5S. The Bertz CT molecular complexity index is 1080. The molecule has 0 atom stereocenters. The normalized spacial score (nSPS) is 14.4. The quantitative estimate of drug-likeness (QED) is 0.661. The maximum Gasteiger partial charge on any atom is 0.340 e. The van der Waals surface area contributed by atoms with E-state index in [1.54, 1.807) is 36.4 Å². The summed E-state index contributed by atoms with van der Waals surface area (Å²) in [6.07, 6.45) is 2.81. The van der Waals surface area contributed by atoms with Crippen LogP contribution in [0.3, 0.4) is 0 Å². The Labute approximate surface area is 181 Å². The number of piperidine rings is 1. The minimum absolute atomic E-state index is 0.0956. The van der Waals surface area contributed by atoms with Gasteiger partial charge in [-0.15, -0.1) is 0 Å². The second-order valence-electron chi connectivity index (χ2n) is 7.12. The van der Waals surface area contributed by atoms with E-state index in [4.69, 9.17) is 10.00 Å². The minimum Gasteiger partial charge on any atom is -0.452 e. The molecule has 1 amide bonds. The molecule has 0 radical (unpaired) electrons. The Morgan fingerprint density at radius 3 is 2.39 bits per heavy atom. The molecule has 0 saturated carbocycles. The number of carbonyl (C=O) groups excluding carboxylic acids is 2. The fraction of sp³-hybridized carbons (Fsp3) is 0.318. The summed E-state index contributed by atoms with van der Waals surface area (Å²) in [5, 5.41) is 11.3. The first-order valence-corrected chi connectivity index (χ1v) is 11.4. The van der Waals surface area contributed by atoms with Crippen molar-refractivity contribution in [2.24, 2.45) is 0 Å². The van der Waals surface area contributed by atoms with Crippen LogP contribution in [0.2, 0.25) is 0 Å². The molecule has 1 heterocycles. The first-order chi connectivity index (χ1) is 14.9. The van der Waals surface area contributed by atoms with Gasteiger partial charge in [-0.2, -0.15) is 9.57 Å². The zero-order valence-electron chi connectivity index (χ0n) is 16.9. The van der Waals surface area contributed by atoms with Crippen LogP contribution < -0.4 is 5.32 Å². The van der Waals surface area contributed by atoms with E-state index in [2.05, 4.69) is 5.32 Å². The lowest BCUT2D eigenvalue weighted by Gasteiger charge is -2.26. The van der Waals surface area contributed by atoms with Crippen molar-refractivity contribution in [3.63, 3.8) is 0 Å². The van der Waals surface area contributed by atoms with Gasteiger partial charge in [0.25, 0.3) is 5.91 Å². The highest BCUT2D eigenvalue weighted by Gasteiger charge is 2.30. The second kappa shape index (κ2) is 10.2. The topological polar surface area (TPSA) is 117 Å². The van der Waals surface area contributed by atoms with Crippen molar-refractivity contribution in [2.75, 3.05) is 25.0 Å². The predicted octanol–water partition coefficient (Wildman–Crippen LogP) is 2.72. The lowest BCUT2D eigenvalue weighted by atomic mass is 10.1. The van der Waals surface area contributed by atoms with Gasteiger partial charge in [-0.05, 0) is 42.7 Å². The molecule has 1 saturated heterocycles. The van der Waals surface area contributed by atoms with E-state index < -0.39 is 28.5 Å². The van der Waals surface area contributed by atoms with Crippen LogP contribution in [0, 0.1) is 11.3 Å². The average molecular weight is 442 g/mol. The molecule has 31 heavy (non-hydrogen) atoms. The molecule has 2 aromatic rings. The zero-order valence-corrected chi connectivity index (χ0v) is 17.7. The van der Waals surface area contributed by atoms with Crippen molar-refractivity contribution in [3.05, 3.63) is 59.7 Å². The van der Waals surface area contributed by atoms with Crippen LogP contribution in [0.1, 0.15) is 35.2 Å². The number of sulfonamides is 1. The fourth-order valence-corrected chi connectivity index (χ4v) is 5.00. The SMILES string of the molecule is N#CCc1ccc(NC(=O)COC(=O)c2ccccc2S(=O)(=O)N2CCCCC2)cc1. The highest BCUT2D eigenvalue weighted by molar-refractivity contribution is 7.89. The number of esters is 1. The van der Waals surface area contributed by atoms with Crippen molar-refractivity contribution in [1.82, 2.24) is 4.31 Å². The van der Waals surface area contributed by atoms with Crippen molar-refractivity contribution in [1.29, 1.82) is 5.26 Å². The number of nitrogens with zero attached hydrogens (tertiary/aromatic N) is 2. The number of nitrogens with one attached hydrogen (secondary N) is 1. The summed E-state index contributed by atoms with van der Waals surface area (Å²) in [5.41, 5.74) is 1.22. The molecule has 1 fully saturated rings. The van der Waals surface area contributed by atoms with Crippen molar-refractivity contribution >= 4 is 27.6 Å². The average Bonchev–Trinajstić information content (AvgIpc) is 2.79. The third-order valence-electron chi connectivity index (χ3n) is 4.90. The molecule has 1 aliphatic heterocycles.